The number of hydrogen-bond donors (Lipinski definition) is 3. The summed E-state index contributed by atoms with van der Waals surface area (Å²) in [5.41, 5.74) is 0.637. The summed E-state index contributed by atoms with van der Waals surface area (Å²) in [6.07, 6.45) is 0.107. The second-order valence-corrected chi connectivity index (χ2v) is 5.17. The number of aliphatic hydroxyl groups excluding tert-OH is 1. The van der Waals surface area contributed by atoms with Gasteiger partial charge in [-0.25, -0.2) is 9.59 Å². The van der Waals surface area contributed by atoms with Crippen LogP contribution in [0, 0.1) is 0 Å². The summed E-state index contributed by atoms with van der Waals surface area (Å²) in [5, 5.41) is 20.9. The van der Waals surface area contributed by atoms with Crippen LogP contribution in [0.5, 0.6) is 0 Å². The molecule has 1 unspecified atom stereocenters. The van der Waals surface area contributed by atoms with Crippen molar-refractivity contribution in [2.24, 2.45) is 0 Å². The molecule has 0 bridgehead atoms. The van der Waals surface area contributed by atoms with Crippen LogP contribution in [0.25, 0.3) is 0 Å². The number of β-amino-alcohol motifs (C(OH)–C–C–N with tert-alkyl or cyclic N) is 1. The molecule has 0 spiro atoms. The average Bonchev–Trinajstić information content (AvgIpc) is 2.78. The Balaban J connectivity index is 2.07. The third-order valence-electron chi connectivity index (χ3n) is 2.91. The number of amides is 2. The number of carbonyl (C=O) groups is 2. The summed E-state index contributed by atoms with van der Waals surface area (Å²) in [6.45, 7) is 0.828. The number of halogens is 1. The van der Waals surface area contributed by atoms with Crippen LogP contribution in [-0.2, 0) is 0 Å². The Kier molecular flexibility index (Phi) is 4.06. The highest BCUT2D eigenvalue weighted by molar-refractivity contribution is 9.10. The minimum Gasteiger partial charge on any atom is -0.478 e. The van der Waals surface area contributed by atoms with Gasteiger partial charge in [0.25, 0.3) is 0 Å². The second kappa shape index (κ2) is 5.58. The molecule has 1 aliphatic heterocycles. The molecule has 6 nitrogen and oxygen atoms in total. The highest BCUT2D eigenvalue weighted by atomic mass is 79.9. The first kappa shape index (κ1) is 13.8. The molecule has 0 aliphatic carbocycles. The molecule has 7 heteroatoms. The zero-order chi connectivity index (χ0) is 14.0. The van der Waals surface area contributed by atoms with Crippen LogP contribution >= 0.6 is 15.9 Å². The van der Waals surface area contributed by atoms with Gasteiger partial charge in [0.1, 0.15) is 0 Å². The number of carbonyl (C=O) groups excluding carboxylic acids is 1. The van der Waals surface area contributed by atoms with Crippen molar-refractivity contribution < 1.29 is 19.8 Å². The molecule has 2 amide bonds. The number of anilines is 1. The molecular formula is C12H13BrN2O4. The fourth-order valence-electron chi connectivity index (χ4n) is 1.87. The van der Waals surface area contributed by atoms with Crippen molar-refractivity contribution in [1.82, 2.24) is 4.90 Å². The van der Waals surface area contributed by atoms with Gasteiger partial charge in [-0.1, -0.05) is 0 Å². The Morgan fingerprint density at radius 1 is 1.42 bits per heavy atom. The first-order chi connectivity index (χ1) is 8.97. The summed E-state index contributed by atoms with van der Waals surface area (Å²) in [4.78, 5) is 24.2. The summed E-state index contributed by atoms with van der Waals surface area (Å²) in [5.74, 6) is -1.03. The van der Waals surface area contributed by atoms with Crippen molar-refractivity contribution in [2.45, 2.75) is 12.5 Å². The van der Waals surface area contributed by atoms with Crippen LogP contribution in [-0.4, -0.2) is 46.3 Å². The van der Waals surface area contributed by atoms with Crippen molar-refractivity contribution in [3.8, 4) is 0 Å². The third-order valence-corrected chi connectivity index (χ3v) is 3.56. The molecule has 1 aliphatic rings. The molecule has 1 heterocycles. The lowest BCUT2D eigenvalue weighted by atomic mass is 10.2. The Hall–Kier alpha value is -1.60. The Bertz CT molecular complexity index is 520. The zero-order valence-corrected chi connectivity index (χ0v) is 11.6. The van der Waals surface area contributed by atoms with E-state index < -0.39 is 12.1 Å². The lowest BCUT2D eigenvalue weighted by Gasteiger charge is -2.17. The van der Waals surface area contributed by atoms with E-state index in [1.807, 2.05) is 0 Å². The van der Waals surface area contributed by atoms with E-state index in [0.717, 1.165) is 0 Å². The fourth-order valence-corrected chi connectivity index (χ4v) is 2.35. The van der Waals surface area contributed by atoms with Gasteiger partial charge in [-0.05, 0) is 40.5 Å². The number of urea groups is 1. The van der Waals surface area contributed by atoms with Crippen molar-refractivity contribution in [3.63, 3.8) is 0 Å². The SMILES string of the molecule is O=C(O)c1ccc(NC(=O)N2CCC(O)C2)c(Br)c1. The fraction of sp³-hybridized carbons (Fsp3) is 0.333. The van der Waals surface area contributed by atoms with E-state index in [9.17, 15) is 14.7 Å². The summed E-state index contributed by atoms with van der Waals surface area (Å²) >= 11 is 3.22. The van der Waals surface area contributed by atoms with Crippen LogP contribution in [0.2, 0.25) is 0 Å². The molecule has 3 N–H and O–H groups in total. The molecule has 102 valence electrons. The van der Waals surface area contributed by atoms with Gasteiger partial charge < -0.3 is 20.4 Å². The maximum absolute atomic E-state index is 11.9. The number of likely N-dealkylation sites (tertiary alicyclic amines) is 1. The van der Waals surface area contributed by atoms with E-state index in [-0.39, 0.29) is 11.6 Å². The lowest BCUT2D eigenvalue weighted by Crippen LogP contribution is -2.33. The zero-order valence-electron chi connectivity index (χ0n) is 9.97. The number of nitrogens with one attached hydrogen (secondary N) is 1. The molecule has 1 aromatic carbocycles. The highest BCUT2D eigenvalue weighted by Crippen LogP contribution is 2.24. The molecule has 1 aromatic rings. The van der Waals surface area contributed by atoms with E-state index in [2.05, 4.69) is 21.2 Å². The molecule has 2 rings (SSSR count). The van der Waals surface area contributed by atoms with Crippen LogP contribution in [0.3, 0.4) is 0 Å². The summed E-state index contributed by atoms with van der Waals surface area (Å²) < 4.78 is 0.500. The first-order valence-corrected chi connectivity index (χ1v) is 6.53. The number of benzene rings is 1. The van der Waals surface area contributed by atoms with Crippen molar-refractivity contribution in [1.29, 1.82) is 0 Å². The molecule has 0 saturated carbocycles. The Morgan fingerprint density at radius 2 is 2.16 bits per heavy atom. The van der Waals surface area contributed by atoms with Gasteiger partial charge in [-0.15, -0.1) is 0 Å². The number of carboxylic acid groups (broad SMARTS) is 1. The Morgan fingerprint density at radius 3 is 2.68 bits per heavy atom. The van der Waals surface area contributed by atoms with Gasteiger partial charge in [-0.2, -0.15) is 0 Å². The summed E-state index contributed by atoms with van der Waals surface area (Å²) in [7, 11) is 0. The topological polar surface area (TPSA) is 89.9 Å². The lowest BCUT2D eigenvalue weighted by molar-refractivity contribution is 0.0697. The predicted molar refractivity (Wildman–Crippen MR) is 72.3 cm³/mol. The second-order valence-electron chi connectivity index (χ2n) is 4.32. The van der Waals surface area contributed by atoms with Gasteiger partial charge in [0.05, 0.1) is 17.4 Å². The monoisotopic (exact) mass is 328 g/mol. The Labute approximate surface area is 118 Å². The van der Waals surface area contributed by atoms with E-state index in [0.29, 0.717) is 29.7 Å². The van der Waals surface area contributed by atoms with Gasteiger partial charge in [-0.3, -0.25) is 0 Å². The maximum Gasteiger partial charge on any atom is 0.335 e. The smallest absolute Gasteiger partial charge is 0.335 e. The maximum atomic E-state index is 11.9. The largest absolute Gasteiger partial charge is 0.478 e. The van der Waals surface area contributed by atoms with Crippen molar-refractivity contribution in [3.05, 3.63) is 28.2 Å². The number of aliphatic hydroxyl groups is 1. The highest BCUT2D eigenvalue weighted by Gasteiger charge is 2.24. The minimum absolute atomic E-state index is 0.140. The van der Waals surface area contributed by atoms with Crippen LogP contribution in [0.4, 0.5) is 10.5 Å². The molecular weight excluding hydrogens is 316 g/mol. The van der Waals surface area contributed by atoms with Gasteiger partial charge in [0.2, 0.25) is 0 Å². The molecule has 1 fully saturated rings. The predicted octanol–water partition coefficient (Wildman–Crippen LogP) is 1.75. The third kappa shape index (κ3) is 3.24. The van der Waals surface area contributed by atoms with Crippen LogP contribution in [0.1, 0.15) is 16.8 Å². The summed E-state index contributed by atoms with van der Waals surface area (Å²) in [6, 6.07) is 4.07. The molecule has 0 radical (unpaired) electrons. The van der Waals surface area contributed by atoms with E-state index in [1.165, 1.54) is 23.1 Å². The van der Waals surface area contributed by atoms with E-state index in [4.69, 9.17) is 5.11 Å². The number of nitrogens with zero attached hydrogens (tertiary/aromatic N) is 1. The average molecular weight is 329 g/mol. The number of aromatic carboxylic acids is 1. The van der Waals surface area contributed by atoms with Crippen molar-refractivity contribution >= 4 is 33.6 Å². The number of carboxylic acids is 1. The molecule has 0 aromatic heterocycles. The van der Waals surface area contributed by atoms with Gasteiger partial charge >= 0.3 is 12.0 Å². The molecule has 1 saturated heterocycles. The van der Waals surface area contributed by atoms with Crippen LogP contribution in [0.15, 0.2) is 22.7 Å². The first-order valence-electron chi connectivity index (χ1n) is 5.74. The minimum atomic E-state index is -1.03. The van der Waals surface area contributed by atoms with Crippen molar-refractivity contribution in [2.75, 3.05) is 18.4 Å². The number of rotatable bonds is 2. The van der Waals surface area contributed by atoms with Gasteiger partial charge in [0.15, 0.2) is 0 Å². The number of hydrogen-bond acceptors (Lipinski definition) is 3. The van der Waals surface area contributed by atoms with E-state index in [1.54, 1.807) is 0 Å². The normalized spacial score (nSPS) is 18.4. The van der Waals surface area contributed by atoms with Crippen LogP contribution < -0.4 is 5.32 Å². The standard InChI is InChI=1S/C12H13BrN2O4/c13-9-5-7(11(17)18)1-2-10(9)14-12(19)15-4-3-8(16)6-15/h1-2,5,8,16H,3-4,6H2,(H,14,19)(H,17,18). The molecule has 19 heavy (non-hydrogen) atoms. The quantitative estimate of drug-likeness (QED) is 0.771. The van der Waals surface area contributed by atoms with E-state index >= 15 is 0 Å². The van der Waals surface area contributed by atoms with Gasteiger partial charge in [0, 0.05) is 17.6 Å². The molecule has 1 atom stereocenters.